The van der Waals surface area contributed by atoms with Gasteiger partial charge < -0.3 is 20.4 Å². The fraction of sp³-hybridized carbons (Fsp3) is 0.800. The van der Waals surface area contributed by atoms with E-state index in [0.717, 1.165) is 25.5 Å². The van der Waals surface area contributed by atoms with Crippen molar-refractivity contribution in [3.8, 4) is 12.3 Å². The first-order valence-corrected chi connectivity index (χ1v) is 7.62. The van der Waals surface area contributed by atoms with Gasteiger partial charge in [0, 0.05) is 39.3 Å². The minimum Gasteiger partial charge on any atom is -0.357 e. The third kappa shape index (κ3) is 7.37. The van der Waals surface area contributed by atoms with E-state index in [0.29, 0.717) is 6.54 Å². The number of unbranched alkanes of at least 4 members (excludes halogenated alkanes) is 1. The molecule has 0 bridgehead atoms. The summed E-state index contributed by atoms with van der Waals surface area (Å²) in [5, 5.41) is 6.29. The zero-order chi connectivity index (χ0) is 14.6. The lowest BCUT2D eigenvalue weighted by atomic mass is 10.2. The molecular weight excluding hydrogens is 250 g/mol. The van der Waals surface area contributed by atoms with E-state index in [1.165, 1.54) is 39.1 Å². The lowest BCUT2D eigenvalue weighted by Crippen LogP contribution is -2.44. The molecular formula is C15H29N5. The summed E-state index contributed by atoms with van der Waals surface area (Å²) >= 11 is 0. The van der Waals surface area contributed by atoms with Crippen molar-refractivity contribution in [2.24, 2.45) is 4.99 Å². The van der Waals surface area contributed by atoms with Crippen molar-refractivity contribution in [2.75, 3.05) is 59.4 Å². The number of nitrogens with zero attached hydrogens (tertiary/aromatic N) is 3. The summed E-state index contributed by atoms with van der Waals surface area (Å²) in [5.41, 5.74) is 0. The molecule has 20 heavy (non-hydrogen) atoms. The van der Waals surface area contributed by atoms with E-state index in [1.54, 1.807) is 0 Å². The SMILES string of the molecule is C#CCNC(=NCCCCN1CCN(C)CC1)NCC. The quantitative estimate of drug-likeness (QED) is 0.302. The molecule has 0 atom stereocenters. The summed E-state index contributed by atoms with van der Waals surface area (Å²) in [6, 6.07) is 0. The Labute approximate surface area is 123 Å². The van der Waals surface area contributed by atoms with E-state index in [1.807, 2.05) is 0 Å². The van der Waals surface area contributed by atoms with E-state index in [9.17, 15) is 0 Å². The Morgan fingerprint density at radius 1 is 1.20 bits per heavy atom. The van der Waals surface area contributed by atoms with E-state index in [-0.39, 0.29) is 0 Å². The second kappa shape index (κ2) is 10.5. The Balaban J connectivity index is 2.11. The summed E-state index contributed by atoms with van der Waals surface area (Å²) in [5.74, 6) is 3.39. The molecule has 0 amide bonds. The minimum atomic E-state index is 0.521. The average Bonchev–Trinajstić information content (AvgIpc) is 2.46. The van der Waals surface area contributed by atoms with Crippen molar-refractivity contribution < 1.29 is 0 Å². The van der Waals surface area contributed by atoms with Gasteiger partial charge in [0.15, 0.2) is 5.96 Å². The van der Waals surface area contributed by atoms with Crippen molar-refractivity contribution in [2.45, 2.75) is 19.8 Å². The van der Waals surface area contributed by atoms with Gasteiger partial charge in [-0.25, -0.2) is 0 Å². The number of hydrogen-bond acceptors (Lipinski definition) is 3. The molecule has 5 nitrogen and oxygen atoms in total. The number of guanidine groups is 1. The fourth-order valence-electron chi connectivity index (χ4n) is 2.19. The van der Waals surface area contributed by atoms with Crippen LogP contribution < -0.4 is 10.6 Å². The number of hydrogen-bond donors (Lipinski definition) is 2. The number of piperazine rings is 1. The van der Waals surface area contributed by atoms with Crippen LogP contribution in [0.3, 0.4) is 0 Å². The van der Waals surface area contributed by atoms with Gasteiger partial charge in [0.05, 0.1) is 6.54 Å². The Kier molecular flexibility index (Phi) is 8.84. The molecule has 1 heterocycles. The summed E-state index contributed by atoms with van der Waals surface area (Å²) in [6.45, 7) is 10.3. The molecule has 0 aromatic rings. The number of rotatable bonds is 7. The summed E-state index contributed by atoms with van der Waals surface area (Å²) in [6.07, 6.45) is 7.57. The number of likely N-dealkylation sites (N-methyl/N-ethyl adjacent to an activating group) is 1. The predicted octanol–water partition coefficient (Wildman–Crippen LogP) is 0.202. The molecule has 5 heteroatoms. The van der Waals surface area contributed by atoms with Crippen molar-refractivity contribution in [1.29, 1.82) is 0 Å². The topological polar surface area (TPSA) is 42.9 Å². The van der Waals surface area contributed by atoms with Crippen LogP contribution in [-0.2, 0) is 0 Å². The van der Waals surface area contributed by atoms with Gasteiger partial charge in [-0.15, -0.1) is 6.42 Å². The lowest BCUT2D eigenvalue weighted by Gasteiger charge is -2.32. The average molecular weight is 279 g/mol. The van der Waals surface area contributed by atoms with Crippen LogP contribution >= 0.6 is 0 Å². The minimum absolute atomic E-state index is 0.521. The van der Waals surface area contributed by atoms with E-state index in [2.05, 4.69) is 45.3 Å². The molecule has 1 saturated heterocycles. The summed E-state index contributed by atoms with van der Waals surface area (Å²) < 4.78 is 0. The lowest BCUT2D eigenvalue weighted by molar-refractivity contribution is 0.152. The van der Waals surface area contributed by atoms with E-state index in [4.69, 9.17) is 6.42 Å². The highest BCUT2D eigenvalue weighted by Crippen LogP contribution is 2.01. The molecule has 0 spiro atoms. The highest BCUT2D eigenvalue weighted by atomic mass is 15.2. The van der Waals surface area contributed by atoms with Crippen LogP contribution in [0.1, 0.15) is 19.8 Å². The summed E-state index contributed by atoms with van der Waals surface area (Å²) in [4.78, 5) is 9.45. The molecule has 114 valence electrons. The molecule has 0 radical (unpaired) electrons. The predicted molar refractivity (Wildman–Crippen MR) is 86.0 cm³/mol. The Morgan fingerprint density at radius 2 is 1.95 bits per heavy atom. The normalized spacial score (nSPS) is 17.8. The van der Waals surface area contributed by atoms with Gasteiger partial charge in [-0.1, -0.05) is 5.92 Å². The maximum atomic E-state index is 5.24. The Hall–Kier alpha value is -1.25. The largest absolute Gasteiger partial charge is 0.357 e. The van der Waals surface area contributed by atoms with Crippen molar-refractivity contribution in [3.05, 3.63) is 0 Å². The highest BCUT2D eigenvalue weighted by molar-refractivity contribution is 5.79. The zero-order valence-corrected chi connectivity index (χ0v) is 13.0. The van der Waals surface area contributed by atoms with Gasteiger partial charge in [0.25, 0.3) is 0 Å². The molecule has 0 unspecified atom stereocenters. The maximum Gasteiger partial charge on any atom is 0.192 e. The molecule has 1 rings (SSSR count). The molecule has 0 aromatic heterocycles. The van der Waals surface area contributed by atoms with Gasteiger partial charge in [-0.05, 0) is 33.4 Å². The van der Waals surface area contributed by atoms with Crippen LogP contribution in [0.2, 0.25) is 0 Å². The van der Waals surface area contributed by atoms with E-state index >= 15 is 0 Å². The zero-order valence-electron chi connectivity index (χ0n) is 13.0. The molecule has 1 aliphatic rings. The van der Waals surface area contributed by atoms with Gasteiger partial charge in [-0.3, -0.25) is 4.99 Å². The van der Waals surface area contributed by atoms with Crippen LogP contribution in [-0.4, -0.2) is 75.2 Å². The standard InChI is InChI=1S/C15H29N5/c1-4-8-17-15(16-5-2)18-9-6-7-10-20-13-11-19(3)12-14-20/h1H,5-14H2,2-3H3,(H2,16,17,18). The van der Waals surface area contributed by atoms with Crippen LogP contribution in [0.15, 0.2) is 4.99 Å². The highest BCUT2D eigenvalue weighted by Gasteiger charge is 2.12. The molecule has 2 N–H and O–H groups in total. The molecule has 0 aliphatic carbocycles. The van der Waals surface area contributed by atoms with Crippen LogP contribution in [0.4, 0.5) is 0 Å². The van der Waals surface area contributed by atoms with Crippen LogP contribution in [0.25, 0.3) is 0 Å². The van der Waals surface area contributed by atoms with Gasteiger partial charge >= 0.3 is 0 Å². The Morgan fingerprint density at radius 3 is 2.60 bits per heavy atom. The number of nitrogens with one attached hydrogen (secondary N) is 2. The van der Waals surface area contributed by atoms with Crippen molar-refractivity contribution in [1.82, 2.24) is 20.4 Å². The molecule has 1 aliphatic heterocycles. The monoisotopic (exact) mass is 279 g/mol. The third-order valence-corrected chi connectivity index (χ3v) is 3.45. The second-order valence-electron chi connectivity index (χ2n) is 5.17. The first-order chi connectivity index (χ1) is 9.76. The van der Waals surface area contributed by atoms with Crippen molar-refractivity contribution in [3.63, 3.8) is 0 Å². The number of terminal acetylenes is 1. The second-order valence-corrected chi connectivity index (χ2v) is 5.17. The molecule has 0 aromatic carbocycles. The molecule has 1 fully saturated rings. The third-order valence-electron chi connectivity index (χ3n) is 3.45. The van der Waals surface area contributed by atoms with Gasteiger partial charge in [0.1, 0.15) is 0 Å². The first-order valence-electron chi connectivity index (χ1n) is 7.62. The Bertz CT molecular complexity index is 313. The van der Waals surface area contributed by atoms with Gasteiger partial charge in [0.2, 0.25) is 0 Å². The van der Waals surface area contributed by atoms with Crippen molar-refractivity contribution >= 4 is 5.96 Å². The van der Waals surface area contributed by atoms with Crippen LogP contribution in [0, 0.1) is 12.3 Å². The first kappa shape index (κ1) is 16.8. The smallest absolute Gasteiger partial charge is 0.192 e. The van der Waals surface area contributed by atoms with E-state index < -0.39 is 0 Å². The maximum absolute atomic E-state index is 5.24. The number of aliphatic imine (C=N–C) groups is 1. The fourth-order valence-corrected chi connectivity index (χ4v) is 2.19. The molecule has 0 saturated carbocycles. The van der Waals surface area contributed by atoms with Crippen LogP contribution in [0.5, 0.6) is 0 Å². The summed E-state index contributed by atoms with van der Waals surface area (Å²) in [7, 11) is 2.19. The van der Waals surface area contributed by atoms with Gasteiger partial charge in [-0.2, -0.15) is 0 Å².